The van der Waals surface area contributed by atoms with Crippen molar-refractivity contribution >= 4 is 6.09 Å². The van der Waals surface area contributed by atoms with Gasteiger partial charge in [0.1, 0.15) is 6.61 Å². The van der Waals surface area contributed by atoms with Crippen LogP contribution in [0, 0.1) is 0 Å². The molecular weight excluding hydrogens is 328 g/mol. The highest BCUT2D eigenvalue weighted by molar-refractivity contribution is 5.68. The number of pyridine rings is 1. The third-order valence-electron chi connectivity index (χ3n) is 4.44. The van der Waals surface area contributed by atoms with Crippen molar-refractivity contribution in [1.82, 2.24) is 9.88 Å². The number of carbonyl (C=O) groups excluding carboxylic acids is 1. The highest BCUT2D eigenvalue weighted by Gasteiger charge is 2.29. The van der Waals surface area contributed by atoms with Gasteiger partial charge in [0.05, 0.1) is 12.1 Å². The summed E-state index contributed by atoms with van der Waals surface area (Å²) < 4.78 is 11.1. The minimum atomic E-state index is -0.263. The maximum atomic E-state index is 12.6. The number of piperidine rings is 1. The van der Waals surface area contributed by atoms with Gasteiger partial charge in [-0.05, 0) is 44.2 Å². The Bertz CT molecular complexity index is 701. The van der Waals surface area contributed by atoms with Crippen molar-refractivity contribution in [2.45, 2.75) is 51.9 Å². The zero-order chi connectivity index (χ0) is 18.4. The first-order valence-corrected chi connectivity index (χ1v) is 9.23. The number of benzene rings is 1. The van der Waals surface area contributed by atoms with Gasteiger partial charge in [-0.1, -0.05) is 36.4 Å². The molecular formula is C21H26N2O3. The molecule has 1 aromatic heterocycles. The SMILES string of the molecule is CC(C)Oc1ccc([C@H]2CCCCN2C(=O)OCc2ccccc2)cn1. The van der Waals surface area contributed by atoms with E-state index in [4.69, 9.17) is 9.47 Å². The highest BCUT2D eigenvalue weighted by Crippen LogP contribution is 2.31. The summed E-state index contributed by atoms with van der Waals surface area (Å²) in [5.41, 5.74) is 2.02. The Morgan fingerprint density at radius 2 is 2.00 bits per heavy atom. The van der Waals surface area contributed by atoms with Crippen molar-refractivity contribution in [3.05, 3.63) is 59.8 Å². The largest absolute Gasteiger partial charge is 0.475 e. The van der Waals surface area contributed by atoms with E-state index in [2.05, 4.69) is 4.98 Å². The molecule has 0 saturated carbocycles. The number of hydrogen-bond donors (Lipinski definition) is 0. The second-order valence-electron chi connectivity index (χ2n) is 6.84. The molecule has 0 unspecified atom stereocenters. The average molecular weight is 354 g/mol. The highest BCUT2D eigenvalue weighted by atomic mass is 16.6. The summed E-state index contributed by atoms with van der Waals surface area (Å²) in [4.78, 5) is 18.8. The van der Waals surface area contributed by atoms with Crippen LogP contribution in [0.1, 0.15) is 50.3 Å². The third kappa shape index (κ3) is 4.75. The van der Waals surface area contributed by atoms with E-state index in [1.165, 1.54) is 0 Å². The van der Waals surface area contributed by atoms with Crippen LogP contribution in [0.3, 0.4) is 0 Å². The third-order valence-corrected chi connectivity index (χ3v) is 4.44. The minimum Gasteiger partial charge on any atom is -0.475 e. The molecule has 2 aromatic rings. The standard InChI is InChI=1S/C21H26N2O3/c1-16(2)26-20-12-11-18(14-22-20)19-10-6-7-13-23(19)21(24)25-15-17-8-4-3-5-9-17/h3-5,8-9,11-12,14,16,19H,6-7,10,13,15H2,1-2H3/t19-/m1/s1. The van der Waals surface area contributed by atoms with Gasteiger partial charge in [-0.2, -0.15) is 0 Å². The van der Waals surface area contributed by atoms with Crippen molar-refractivity contribution in [3.8, 4) is 5.88 Å². The van der Waals surface area contributed by atoms with Crippen LogP contribution < -0.4 is 4.74 Å². The van der Waals surface area contributed by atoms with Crippen LogP contribution in [-0.4, -0.2) is 28.6 Å². The molecule has 2 heterocycles. The van der Waals surface area contributed by atoms with Crippen molar-refractivity contribution in [2.24, 2.45) is 0 Å². The predicted octanol–water partition coefficient (Wildman–Crippen LogP) is 4.73. The monoisotopic (exact) mass is 354 g/mol. The first kappa shape index (κ1) is 18.2. The summed E-state index contributed by atoms with van der Waals surface area (Å²) in [5.74, 6) is 0.609. The lowest BCUT2D eigenvalue weighted by atomic mass is 9.97. The second kappa shape index (κ2) is 8.70. The van der Waals surface area contributed by atoms with Crippen molar-refractivity contribution in [3.63, 3.8) is 0 Å². The molecule has 26 heavy (non-hydrogen) atoms. The van der Waals surface area contributed by atoms with Gasteiger partial charge in [-0.15, -0.1) is 0 Å². The number of aromatic nitrogens is 1. The summed E-state index contributed by atoms with van der Waals surface area (Å²) in [5, 5.41) is 0. The number of nitrogens with zero attached hydrogens (tertiary/aromatic N) is 2. The lowest BCUT2D eigenvalue weighted by molar-refractivity contribution is 0.0678. The van der Waals surface area contributed by atoms with Crippen LogP contribution in [-0.2, 0) is 11.3 Å². The van der Waals surface area contributed by atoms with E-state index in [1.54, 1.807) is 0 Å². The van der Waals surface area contributed by atoms with E-state index < -0.39 is 0 Å². The lowest BCUT2D eigenvalue weighted by Gasteiger charge is -2.35. The Kier molecular flexibility index (Phi) is 6.10. The Labute approximate surface area is 155 Å². The van der Waals surface area contributed by atoms with Gasteiger partial charge < -0.3 is 14.4 Å². The molecule has 1 amide bonds. The molecule has 138 valence electrons. The zero-order valence-electron chi connectivity index (χ0n) is 15.4. The van der Waals surface area contributed by atoms with Crippen LogP contribution in [0.2, 0.25) is 0 Å². The summed E-state index contributed by atoms with van der Waals surface area (Å²) in [6.07, 6.45) is 4.65. The Morgan fingerprint density at radius 1 is 1.19 bits per heavy atom. The number of likely N-dealkylation sites (tertiary alicyclic amines) is 1. The molecule has 1 aromatic carbocycles. The normalized spacial score (nSPS) is 17.2. The summed E-state index contributed by atoms with van der Waals surface area (Å²) in [7, 11) is 0. The van der Waals surface area contributed by atoms with E-state index in [-0.39, 0.29) is 18.2 Å². The molecule has 0 radical (unpaired) electrons. The van der Waals surface area contributed by atoms with Gasteiger partial charge in [-0.25, -0.2) is 9.78 Å². The maximum Gasteiger partial charge on any atom is 0.410 e. The van der Waals surface area contributed by atoms with E-state index >= 15 is 0 Å². The molecule has 1 saturated heterocycles. The molecule has 5 nitrogen and oxygen atoms in total. The Morgan fingerprint density at radius 3 is 2.69 bits per heavy atom. The van der Waals surface area contributed by atoms with Gasteiger partial charge in [-0.3, -0.25) is 0 Å². The summed E-state index contributed by atoms with van der Waals surface area (Å²) >= 11 is 0. The predicted molar refractivity (Wildman–Crippen MR) is 99.9 cm³/mol. The molecule has 3 rings (SSSR count). The molecule has 1 aliphatic heterocycles. The van der Waals surface area contributed by atoms with Crippen molar-refractivity contribution in [1.29, 1.82) is 0 Å². The second-order valence-corrected chi connectivity index (χ2v) is 6.84. The topological polar surface area (TPSA) is 51.7 Å². The lowest BCUT2D eigenvalue weighted by Crippen LogP contribution is -2.38. The van der Waals surface area contributed by atoms with Crippen LogP contribution in [0.25, 0.3) is 0 Å². The maximum absolute atomic E-state index is 12.6. The molecule has 0 spiro atoms. The molecule has 1 aliphatic rings. The number of hydrogen-bond acceptors (Lipinski definition) is 4. The fraction of sp³-hybridized carbons (Fsp3) is 0.429. The van der Waals surface area contributed by atoms with Gasteiger partial charge in [0.15, 0.2) is 0 Å². The van der Waals surface area contributed by atoms with Gasteiger partial charge in [0.2, 0.25) is 5.88 Å². The van der Waals surface area contributed by atoms with E-state index in [1.807, 2.05) is 67.4 Å². The number of ether oxygens (including phenoxy) is 2. The first-order chi connectivity index (χ1) is 12.6. The molecule has 0 N–H and O–H groups in total. The van der Waals surface area contributed by atoms with E-state index in [9.17, 15) is 4.79 Å². The zero-order valence-corrected chi connectivity index (χ0v) is 15.4. The smallest absolute Gasteiger partial charge is 0.410 e. The average Bonchev–Trinajstić information content (AvgIpc) is 2.67. The van der Waals surface area contributed by atoms with E-state index in [0.717, 1.165) is 30.4 Å². The number of amides is 1. The van der Waals surface area contributed by atoms with Crippen LogP contribution in [0.15, 0.2) is 48.7 Å². The Hall–Kier alpha value is -2.56. The number of rotatable bonds is 5. The fourth-order valence-corrected chi connectivity index (χ4v) is 3.20. The summed E-state index contributed by atoms with van der Waals surface area (Å²) in [6.45, 7) is 4.95. The number of carbonyl (C=O) groups is 1. The molecule has 0 aliphatic carbocycles. The van der Waals surface area contributed by atoms with E-state index in [0.29, 0.717) is 19.0 Å². The summed E-state index contributed by atoms with van der Waals surface area (Å²) in [6, 6.07) is 13.6. The van der Waals surface area contributed by atoms with Crippen molar-refractivity contribution < 1.29 is 14.3 Å². The molecule has 1 atom stereocenters. The van der Waals surface area contributed by atoms with Crippen LogP contribution >= 0.6 is 0 Å². The first-order valence-electron chi connectivity index (χ1n) is 9.23. The minimum absolute atomic E-state index is 0.00706. The molecule has 0 bridgehead atoms. The van der Waals surface area contributed by atoms with Gasteiger partial charge in [0.25, 0.3) is 0 Å². The van der Waals surface area contributed by atoms with Gasteiger partial charge >= 0.3 is 6.09 Å². The Balaban J connectivity index is 1.66. The fourth-order valence-electron chi connectivity index (χ4n) is 3.20. The molecule has 1 fully saturated rings. The quantitative estimate of drug-likeness (QED) is 0.779. The van der Waals surface area contributed by atoms with Crippen LogP contribution in [0.4, 0.5) is 4.79 Å². The molecule has 5 heteroatoms. The van der Waals surface area contributed by atoms with Crippen molar-refractivity contribution in [2.75, 3.05) is 6.54 Å². The van der Waals surface area contributed by atoms with Gasteiger partial charge in [0, 0.05) is 18.8 Å². The van der Waals surface area contributed by atoms with Crippen LogP contribution in [0.5, 0.6) is 5.88 Å².